The Bertz CT molecular complexity index is 969. The van der Waals surface area contributed by atoms with Crippen molar-refractivity contribution < 1.29 is 8.42 Å². The zero-order valence-corrected chi connectivity index (χ0v) is 16.8. The lowest BCUT2D eigenvalue weighted by Crippen LogP contribution is -2.25. The molecule has 0 aliphatic carbocycles. The van der Waals surface area contributed by atoms with Crippen LogP contribution in [0.2, 0.25) is 0 Å². The van der Waals surface area contributed by atoms with E-state index in [4.69, 9.17) is 0 Å². The summed E-state index contributed by atoms with van der Waals surface area (Å²) in [6, 6.07) is 5.52. The fourth-order valence-electron chi connectivity index (χ4n) is 2.41. The number of thiazole rings is 1. The van der Waals surface area contributed by atoms with Gasteiger partial charge in [0.05, 0.1) is 11.4 Å². The van der Waals surface area contributed by atoms with E-state index in [1.165, 1.54) is 22.7 Å². The Kier molecular flexibility index (Phi) is 5.38. The van der Waals surface area contributed by atoms with E-state index < -0.39 is 10.0 Å². The molecule has 0 saturated heterocycles. The Morgan fingerprint density at radius 2 is 2.08 bits per heavy atom. The van der Waals surface area contributed by atoms with Crippen molar-refractivity contribution in [1.82, 2.24) is 19.5 Å². The molecule has 3 aromatic rings. The van der Waals surface area contributed by atoms with Crippen molar-refractivity contribution in [1.29, 1.82) is 0 Å². The Morgan fingerprint density at radius 3 is 2.72 bits per heavy atom. The molecule has 1 N–H and O–H groups in total. The van der Waals surface area contributed by atoms with Crippen LogP contribution in [0, 0.1) is 13.8 Å². The minimum absolute atomic E-state index is 0.321. The molecule has 0 atom stereocenters. The predicted molar refractivity (Wildman–Crippen MR) is 101 cm³/mol. The van der Waals surface area contributed by atoms with Crippen molar-refractivity contribution in [2.75, 3.05) is 6.54 Å². The van der Waals surface area contributed by atoms with E-state index in [9.17, 15) is 8.42 Å². The third-order valence-electron chi connectivity index (χ3n) is 3.65. The summed E-state index contributed by atoms with van der Waals surface area (Å²) in [6.07, 6.45) is 1.38. The molecule has 134 valence electrons. The fraction of sp³-hybridized carbons (Fsp3) is 0.375. The minimum Gasteiger partial charge on any atom is -0.223 e. The van der Waals surface area contributed by atoms with Gasteiger partial charge in [-0.05, 0) is 38.5 Å². The zero-order chi connectivity index (χ0) is 18.0. The normalized spacial score (nSPS) is 12.0. The quantitative estimate of drug-likeness (QED) is 0.666. The smallest absolute Gasteiger partial charge is 0.223 e. The maximum atomic E-state index is 12.3. The average molecular weight is 397 g/mol. The van der Waals surface area contributed by atoms with E-state index in [1.807, 2.05) is 43.0 Å². The van der Waals surface area contributed by atoms with Gasteiger partial charge >= 0.3 is 0 Å². The molecule has 0 aliphatic rings. The molecular weight excluding hydrogens is 376 g/mol. The first-order valence-electron chi connectivity index (χ1n) is 7.95. The van der Waals surface area contributed by atoms with Gasteiger partial charge in [0.2, 0.25) is 15.2 Å². The van der Waals surface area contributed by atoms with Crippen LogP contribution in [0.25, 0.3) is 5.13 Å². The highest BCUT2D eigenvalue weighted by Crippen LogP contribution is 2.22. The van der Waals surface area contributed by atoms with Gasteiger partial charge in [-0.15, -0.1) is 22.7 Å². The first-order chi connectivity index (χ1) is 11.9. The van der Waals surface area contributed by atoms with Crippen LogP contribution in [0.3, 0.4) is 0 Å². The highest BCUT2D eigenvalue weighted by Gasteiger charge is 2.16. The number of thiophene rings is 1. The lowest BCUT2D eigenvalue weighted by Gasteiger charge is -2.03. The third kappa shape index (κ3) is 4.17. The molecule has 0 radical (unpaired) electrons. The van der Waals surface area contributed by atoms with Gasteiger partial charge in [-0.1, -0.05) is 6.92 Å². The highest BCUT2D eigenvalue weighted by molar-refractivity contribution is 7.91. The molecule has 25 heavy (non-hydrogen) atoms. The summed E-state index contributed by atoms with van der Waals surface area (Å²) in [5, 5.41) is 7.16. The van der Waals surface area contributed by atoms with Gasteiger partial charge in [-0.2, -0.15) is 5.10 Å². The Balaban J connectivity index is 1.62. The molecule has 0 aliphatic heterocycles. The molecule has 0 unspecified atom stereocenters. The highest BCUT2D eigenvalue weighted by atomic mass is 32.2. The van der Waals surface area contributed by atoms with Crippen LogP contribution in [0.1, 0.15) is 28.9 Å². The van der Waals surface area contributed by atoms with Crippen LogP contribution in [0.15, 0.2) is 27.8 Å². The predicted octanol–water partition coefficient (Wildman–Crippen LogP) is 3.09. The second-order valence-corrected chi connectivity index (χ2v) is 9.68. The molecule has 0 fully saturated rings. The Labute approximate surface area is 155 Å². The van der Waals surface area contributed by atoms with Crippen molar-refractivity contribution in [3.63, 3.8) is 0 Å². The van der Waals surface area contributed by atoms with Crippen LogP contribution in [-0.4, -0.2) is 29.7 Å². The summed E-state index contributed by atoms with van der Waals surface area (Å²) in [5.74, 6) is 0. The molecule has 0 amide bonds. The number of nitrogens with zero attached hydrogens (tertiary/aromatic N) is 3. The summed E-state index contributed by atoms with van der Waals surface area (Å²) >= 11 is 2.82. The molecule has 0 spiro atoms. The van der Waals surface area contributed by atoms with Crippen LogP contribution in [0.5, 0.6) is 0 Å². The Hall–Kier alpha value is -1.55. The number of sulfonamides is 1. The molecule has 3 heterocycles. The van der Waals surface area contributed by atoms with E-state index in [0.717, 1.165) is 33.5 Å². The lowest BCUT2D eigenvalue weighted by molar-refractivity contribution is 0.583. The van der Waals surface area contributed by atoms with Gasteiger partial charge in [0.1, 0.15) is 4.21 Å². The SMILES string of the molecule is CCc1ccc(S(=O)(=O)NCCc2csc(-n3nc(C)cc3C)n2)s1. The monoisotopic (exact) mass is 396 g/mol. The van der Waals surface area contributed by atoms with Crippen molar-refractivity contribution in [2.24, 2.45) is 0 Å². The van der Waals surface area contributed by atoms with Gasteiger partial charge in [0.15, 0.2) is 0 Å². The Morgan fingerprint density at radius 1 is 1.28 bits per heavy atom. The maximum absolute atomic E-state index is 12.3. The average Bonchev–Trinajstić information content (AvgIpc) is 3.27. The number of nitrogens with one attached hydrogen (secondary N) is 1. The number of aromatic nitrogens is 3. The van der Waals surface area contributed by atoms with Crippen molar-refractivity contribution in [3.8, 4) is 5.13 Å². The van der Waals surface area contributed by atoms with Crippen LogP contribution < -0.4 is 4.72 Å². The fourth-order valence-corrected chi connectivity index (χ4v) is 5.65. The van der Waals surface area contributed by atoms with Gasteiger partial charge in [0.25, 0.3) is 0 Å². The van der Waals surface area contributed by atoms with Gasteiger partial charge in [-0.3, -0.25) is 0 Å². The summed E-state index contributed by atoms with van der Waals surface area (Å²) in [6.45, 7) is 6.27. The topological polar surface area (TPSA) is 76.9 Å². The summed E-state index contributed by atoms with van der Waals surface area (Å²) in [7, 11) is -3.44. The molecule has 0 bridgehead atoms. The second kappa shape index (κ2) is 7.36. The first-order valence-corrected chi connectivity index (χ1v) is 11.1. The molecule has 0 aromatic carbocycles. The summed E-state index contributed by atoms with van der Waals surface area (Å²) in [5.41, 5.74) is 2.84. The summed E-state index contributed by atoms with van der Waals surface area (Å²) in [4.78, 5) is 5.62. The third-order valence-corrected chi connectivity index (χ3v) is 7.70. The van der Waals surface area contributed by atoms with E-state index in [1.54, 1.807) is 6.07 Å². The number of hydrogen-bond acceptors (Lipinski definition) is 6. The van der Waals surface area contributed by atoms with Crippen molar-refractivity contribution in [2.45, 2.75) is 37.8 Å². The molecular formula is C16H20N4O2S3. The molecule has 6 nitrogen and oxygen atoms in total. The van der Waals surface area contributed by atoms with E-state index in [-0.39, 0.29) is 0 Å². The largest absolute Gasteiger partial charge is 0.250 e. The van der Waals surface area contributed by atoms with E-state index >= 15 is 0 Å². The van der Waals surface area contributed by atoms with Gasteiger partial charge < -0.3 is 0 Å². The second-order valence-electron chi connectivity index (χ2n) is 5.68. The number of aryl methyl sites for hydroxylation is 3. The molecule has 0 saturated carbocycles. The number of rotatable bonds is 7. The minimum atomic E-state index is -3.44. The van der Waals surface area contributed by atoms with Crippen molar-refractivity contribution in [3.05, 3.63) is 45.5 Å². The standard InChI is InChI=1S/C16H20N4O2S3/c1-4-14-5-6-15(24-14)25(21,22)17-8-7-13-10-23-16(18-13)20-12(3)9-11(2)19-20/h5-6,9-10,17H,4,7-8H2,1-3H3. The molecule has 3 aromatic heterocycles. The molecule has 9 heteroatoms. The maximum Gasteiger partial charge on any atom is 0.250 e. The van der Waals surface area contributed by atoms with Gasteiger partial charge in [0, 0.05) is 28.9 Å². The van der Waals surface area contributed by atoms with Gasteiger partial charge in [-0.25, -0.2) is 22.8 Å². The van der Waals surface area contributed by atoms with E-state index in [0.29, 0.717) is 17.2 Å². The van der Waals surface area contributed by atoms with E-state index in [2.05, 4.69) is 14.8 Å². The lowest BCUT2D eigenvalue weighted by atomic mass is 10.3. The zero-order valence-electron chi connectivity index (χ0n) is 14.3. The number of hydrogen-bond donors (Lipinski definition) is 1. The first kappa shape index (κ1) is 18.2. The van der Waals surface area contributed by atoms with Crippen LogP contribution in [-0.2, 0) is 22.9 Å². The van der Waals surface area contributed by atoms with Crippen molar-refractivity contribution >= 4 is 32.7 Å². The van der Waals surface area contributed by atoms with Crippen LogP contribution >= 0.6 is 22.7 Å². The van der Waals surface area contributed by atoms with Crippen LogP contribution in [0.4, 0.5) is 0 Å². The molecule has 3 rings (SSSR count). The summed E-state index contributed by atoms with van der Waals surface area (Å²) < 4.78 is 29.4.